The van der Waals surface area contributed by atoms with Gasteiger partial charge in [-0.3, -0.25) is 14.6 Å². The van der Waals surface area contributed by atoms with Crippen molar-refractivity contribution >= 4 is 21.8 Å². The van der Waals surface area contributed by atoms with Crippen molar-refractivity contribution in [2.24, 2.45) is 0 Å². The van der Waals surface area contributed by atoms with E-state index >= 15 is 0 Å². The first-order valence-electron chi connectivity index (χ1n) is 7.63. The van der Waals surface area contributed by atoms with Gasteiger partial charge >= 0.3 is 0 Å². The third kappa shape index (κ3) is 5.68. The third-order valence-corrected chi connectivity index (χ3v) is 4.59. The molecule has 6 heteroatoms. The maximum absolute atomic E-state index is 11.8. The van der Waals surface area contributed by atoms with Crippen LogP contribution in [0.3, 0.4) is 0 Å². The maximum atomic E-state index is 11.8. The first kappa shape index (κ1) is 17.4. The highest BCUT2D eigenvalue weighted by Gasteiger charge is 2.19. The number of piperazine rings is 1. The quantitative estimate of drug-likeness (QED) is 0.736. The van der Waals surface area contributed by atoms with E-state index in [1.807, 2.05) is 6.07 Å². The van der Waals surface area contributed by atoms with Gasteiger partial charge in [0.2, 0.25) is 5.91 Å². The fraction of sp³-hybridized carbons (Fsp3) is 0.562. The topological polar surface area (TPSA) is 44.8 Å². The van der Waals surface area contributed by atoms with Gasteiger partial charge in [0.1, 0.15) is 0 Å². The van der Waals surface area contributed by atoms with Crippen molar-refractivity contribution < 1.29 is 9.53 Å². The molecule has 0 saturated carbocycles. The summed E-state index contributed by atoms with van der Waals surface area (Å²) in [6.45, 7) is 6.42. The van der Waals surface area contributed by atoms with Crippen molar-refractivity contribution in [2.75, 3.05) is 53.0 Å². The van der Waals surface area contributed by atoms with Crippen LogP contribution in [0.15, 0.2) is 28.7 Å². The molecule has 0 spiro atoms. The highest BCUT2D eigenvalue weighted by Crippen LogP contribution is 2.18. The standard InChI is InChI=1S/C16H24BrN3O2/c1-22-11-6-18-16(21)13-20-9-7-19(8-10-20)12-14-4-2-3-5-15(14)17/h2-5H,6-13H2,1H3,(H,18,21). The number of rotatable bonds is 7. The number of carbonyl (C=O) groups excluding carboxylic acids is 1. The van der Waals surface area contributed by atoms with Crippen LogP contribution in [0.1, 0.15) is 5.56 Å². The number of halogens is 1. The monoisotopic (exact) mass is 369 g/mol. The smallest absolute Gasteiger partial charge is 0.234 e. The van der Waals surface area contributed by atoms with Gasteiger partial charge in [-0.05, 0) is 11.6 Å². The Balaban J connectivity index is 1.69. The molecule has 0 bridgehead atoms. The average molecular weight is 370 g/mol. The Labute approximate surface area is 140 Å². The Hall–Kier alpha value is -0.950. The molecule has 1 N–H and O–H groups in total. The van der Waals surface area contributed by atoms with E-state index in [0.717, 1.165) is 37.2 Å². The molecule has 1 aliphatic heterocycles. The van der Waals surface area contributed by atoms with Crippen molar-refractivity contribution in [1.82, 2.24) is 15.1 Å². The van der Waals surface area contributed by atoms with Crippen molar-refractivity contribution in [3.05, 3.63) is 34.3 Å². The van der Waals surface area contributed by atoms with Crippen LogP contribution in [0.25, 0.3) is 0 Å². The zero-order valence-electron chi connectivity index (χ0n) is 13.1. The number of hydrogen-bond acceptors (Lipinski definition) is 4. The molecule has 1 aliphatic rings. The van der Waals surface area contributed by atoms with Crippen LogP contribution in [0.2, 0.25) is 0 Å². The molecule has 1 aromatic carbocycles. The summed E-state index contributed by atoms with van der Waals surface area (Å²) in [6, 6.07) is 8.34. The van der Waals surface area contributed by atoms with Gasteiger partial charge in [-0.1, -0.05) is 34.1 Å². The van der Waals surface area contributed by atoms with Gasteiger partial charge in [-0.15, -0.1) is 0 Å². The summed E-state index contributed by atoms with van der Waals surface area (Å²) >= 11 is 3.60. The summed E-state index contributed by atoms with van der Waals surface area (Å²) in [6.07, 6.45) is 0. The van der Waals surface area contributed by atoms with Crippen LogP contribution in [0.5, 0.6) is 0 Å². The van der Waals surface area contributed by atoms with Crippen molar-refractivity contribution in [1.29, 1.82) is 0 Å². The Kier molecular flexibility index (Phi) is 7.32. The predicted octanol–water partition coefficient (Wildman–Crippen LogP) is 1.33. The Bertz CT molecular complexity index is 476. The lowest BCUT2D eigenvalue weighted by Crippen LogP contribution is -2.49. The molecule has 0 aromatic heterocycles. The fourth-order valence-corrected chi connectivity index (χ4v) is 2.93. The average Bonchev–Trinajstić information content (AvgIpc) is 2.52. The summed E-state index contributed by atoms with van der Waals surface area (Å²) in [5.74, 6) is 0.0799. The van der Waals surface area contributed by atoms with E-state index < -0.39 is 0 Å². The molecule has 1 amide bonds. The summed E-state index contributed by atoms with van der Waals surface area (Å²) < 4.78 is 6.09. The largest absolute Gasteiger partial charge is 0.383 e. The summed E-state index contributed by atoms with van der Waals surface area (Å²) in [5.41, 5.74) is 1.31. The van der Waals surface area contributed by atoms with Gasteiger partial charge in [0, 0.05) is 50.9 Å². The fourth-order valence-electron chi connectivity index (χ4n) is 2.52. The molecule has 1 saturated heterocycles. The predicted molar refractivity (Wildman–Crippen MR) is 90.7 cm³/mol. The Morgan fingerprint density at radius 1 is 1.23 bits per heavy atom. The molecule has 0 atom stereocenters. The molecule has 0 unspecified atom stereocenters. The van der Waals surface area contributed by atoms with Crippen molar-refractivity contribution in [3.8, 4) is 0 Å². The van der Waals surface area contributed by atoms with Gasteiger partial charge in [0.15, 0.2) is 0 Å². The zero-order valence-corrected chi connectivity index (χ0v) is 14.6. The van der Waals surface area contributed by atoms with E-state index in [0.29, 0.717) is 19.7 Å². The van der Waals surface area contributed by atoms with E-state index in [1.54, 1.807) is 7.11 Å². The molecule has 5 nitrogen and oxygen atoms in total. The van der Waals surface area contributed by atoms with Gasteiger partial charge in [0.05, 0.1) is 13.2 Å². The van der Waals surface area contributed by atoms with E-state index in [9.17, 15) is 4.79 Å². The molecule has 122 valence electrons. The maximum Gasteiger partial charge on any atom is 0.234 e. The first-order valence-corrected chi connectivity index (χ1v) is 8.42. The van der Waals surface area contributed by atoms with Gasteiger partial charge in [0.25, 0.3) is 0 Å². The van der Waals surface area contributed by atoms with Gasteiger partial charge in [-0.25, -0.2) is 0 Å². The zero-order chi connectivity index (χ0) is 15.8. The van der Waals surface area contributed by atoms with Crippen molar-refractivity contribution in [2.45, 2.75) is 6.54 Å². The van der Waals surface area contributed by atoms with E-state index in [4.69, 9.17) is 4.74 Å². The third-order valence-electron chi connectivity index (χ3n) is 3.81. The van der Waals surface area contributed by atoms with E-state index in [-0.39, 0.29) is 5.91 Å². The number of ether oxygens (including phenoxy) is 1. The number of amides is 1. The highest BCUT2D eigenvalue weighted by atomic mass is 79.9. The lowest BCUT2D eigenvalue weighted by atomic mass is 10.2. The molecule has 0 radical (unpaired) electrons. The van der Waals surface area contributed by atoms with E-state index in [1.165, 1.54) is 5.56 Å². The van der Waals surface area contributed by atoms with Crippen LogP contribution < -0.4 is 5.32 Å². The summed E-state index contributed by atoms with van der Waals surface area (Å²) in [7, 11) is 1.64. The second kappa shape index (κ2) is 9.25. The minimum atomic E-state index is 0.0799. The van der Waals surface area contributed by atoms with E-state index in [2.05, 4.69) is 49.2 Å². The number of carbonyl (C=O) groups is 1. The molecular formula is C16H24BrN3O2. The number of benzene rings is 1. The van der Waals surface area contributed by atoms with Crippen LogP contribution in [-0.2, 0) is 16.1 Å². The number of methoxy groups -OCH3 is 1. The lowest BCUT2D eigenvalue weighted by Gasteiger charge is -2.34. The first-order chi connectivity index (χ1) is 10.7. The second-order valence-corrected chi connectivity index (χ2v) is 6.34. The molecular weight excluding hydrogens is 346 g/mol. The molecule has 1 aromatic rings. The van der Waals surface area contributed by atoms with Crippen molar-refractivity contribution in [3.63, 3.8) is 0 Å². The number of nitrogens with zero attached hydrogens (tertiary/aromatic N) is 2. The molecule has 1 heterocycles. The number of hydrogen-bond donors (Lipinski definition) is 1. The normalized spacial score (nSPS) is 16.6. The van der Waals surface area contributed by atoms with Crippen LogP contribution in [-0.4, -0.2) is 68.7 Å². The molecule has 2 rings (SSSR count). The van der Waals surface area contributed by atoms with Crippen LogP contribution in [0.4, 0.5) is 0 Å². The SMILES string of the molecule is COCCNC(=O)CN1CCN(Cc2ccccc2Br)CC1. The minimum Gasteiger partial charge on any atom is -0.383 e. The molecule has 1 fully saturated rings. The van der Waals surface area contributed by atoms with Gasteiger partial charge < -0.3 is 10.1 Å². The Morgan fingerprint density at radius 3 is 2.59 bits per heavy atom. The molecule has 22 heavy (non-hydrogen) atoms. The summed E-state index contributed by atoms with van der Waals surface area (Å²) in [5, 5.41) is 2.86. The summed E-state index contributed by atoms with van der Waals surface area (Å²) in [4.78, 5) is 16.4. The molecule has 0 aliphatic carbocycles. The lowest BCUT2D eigenvalue weighted by molar-refractivity contribution is -0.122. The highest BCUT2D eigenvalue weighted by molar-refractivity contribution is 9.10. The Morgan fingerprint density at radius 2 is 1.91 bits per heavy atom. The van der Waals surface area contributed by atoms with Crippen LogP contribution in [0, 0.1) is 0 Å². The van der Waals surface area contributed by atoms with Gasteiger partial charge in [-0.2, -0.15) is 0 Å². The second-order valence-electron chi connectivity index (χ2n) is 5.49. The number of nitrogens with one attached hydrogen (secondary N) is 1. The minimum absolute atomic E-state index is 0.0799. The van der Waals surface area contributed by atoms with Crippen LogP contribution >= 0.6 is 15.9 Å².